The highest BCUT2D eigenvalue weighted by Crippen LogP contribution is 2.23. The predicted molar refractivity (Wildman–Crippen MR) is 92.0 cm³/mol. The first kappa shape index (κ1) is 18.2. The molecular formula is C17H16FN3O4S. The molecule has 2 aromatic carbocycles. The van der Waals surface area contributed by atoms with Crippen molar-refractivity contribution < 1.29 is 22.4 Å². The molecule has 2 amide bonds. The minimum atomic E-state index is -3.76. The molecule has 136 valence electrons. The van der Waals surface area contributed by atoms with Crippen LogP contribution in [-0.4, -0.2) is 26.3 Å². The normalized spacial score (nSPS) is 17.8. The Kier molecular flexibility index (Phi) is 4.86. The first-order chi connectivity index (χ1) is 12.3. The Morgan fingerprint density at radius 1 is 1.08 bits per heavy atom. The quantitative estimate of drug-likeness (QED) is 0.752. The third kappa shape index (κ3) is 3.79. The van der Waals surface area contributed by atoms with Gasteiger partial charge in [-0.2, -0.15) is 0 Å². The molecule has 0 unspecified atom stereocenters. The van der Waals surface area contributed by atoms with E-state index in [0.29, 0.717) is 5.69 Å². The number of rotatable bonds is 5. The lowest BCUT2D eigenvalue weighted by Crippen LogP contribution is -2.38. The molecule has 1 aliphatic heterocycles. The fraction of sp³-hybridized carbons (Fsp3) is 0.176. The Labute approximate surface area is 149 Å². The zero-order chi connectivity index (χ0) is 18.9. The molecule has 7 nitrogen and oxygen atoms in total. The van der Waals surface area contributed by atoms with E-state index in [0.717, 1.165) is 10.5 Å². The number of halogens is 1. The van der Waals surface area contributed by atoms with Crippen LogP contribution in [0.15, 0.2) is 53.4 Å². The van der Waals surface area contributed by atoms with Crippen LogP contribution >= 0.6 is 0 Å². The summed E-state index contributed by atoms with van der Waals surface area (Å²) in [7, 11) is -3.76. The molecule has 0 aromatic heterocycles. The number of nitrogens with one attached hydrogen (secondary N) is 1. The highest BCUT2D eigenvalue weighted by Gasteiger charge is 2.39. The van der Waals surface area contributed by atoms with Crippen molar-refractivity contribution in [3.8, 4) is 0 Å². The fourth-order valence-electron chi connectivity index (χ4n) is 2.69. The van der Waals surface area contributed by atoms with Crippen molar-refractivity contribution in [3.05, 3.63) is 59.9 Å². The Bertz CT molecular complexity index is 943. The zero-order valence-corrected chi connectivity index (χ0v) is 14.4. The number of benzene rings is 2. The van der Waals surface area contributed by atoms with E-state index < -0.39 is 27.8 Å². The minimum Gasteiger partial charge on any atom is -0.301 e. The van der Waals surface area contributed by atoms with Gasteiger partial charge in [-0.1, -0.05) is 12.1 Å². The third-order valence-electron chi connectivity index (χ3n) is 4.04. The van der Waals surface area contributed by atoms with E-state index in [1.54, 1.807) is 12.1 Å². The molecule has 0 spiro atoms. The van der Waals surface area contributed by atoms with Crippen LogP contribution < -0.4 is 15.4 Å². The van der Waals surface area contributed by atoms with E-state index in [1.165, 1.54) is 36.4 Å². The fourth-order valence-corrected chi connectivity index (χ4v) is 3.21. The molecule has 3 N–H and O–H groups in total. The highest BCUT2D eigenvalue weighted by atomic mass is 32.2. The second-order valence-corrected chi connectivity index (χ2v) is 7.43. The monoisotopic (exact) mass is 377 g/mol. The van der Waals surface area contributed by atoms with Gasteiger partial charge in [-0.05, 0) is 42.0 Å². The molecule has 26 heavy (non-hydrogen) atoms. The Morgan fingerprint density at radius 3 is 2.27 bits per heavy atom. The Morgan fingerprint density at radius 2 is 1.69 bits per heavy atom. The first-order valence-corrected chi connectivity index (χ1v) is 9.28. The van der Waals surface area contributed by atoms with E-state index in [1.807, 2.05) is 0 Å². The van der Waals surface area contributed by atoms with Crippen molar-refractivity contribution in [2.75, 3.05) is 4.90 Å². The molecular weight excluding hydrogens is 361 g/mol. The van der Waals surface area contributed by atoms with Gasteiger partial charge in [0.1, 0.15) is 5.82 Å². The Hall–Kier alpha value is -2.62. The third-order valence-corrected chi connectivity index (χ3v) is 4.97. The smallest absolute Gasteiger partial charge is 0.251 e. The summed E-state index contributed by atoms with van der Waals surface area (Å²) in [5, 5.41) is 8.02. The lowest BCUT2D eigenvalue weighted by Gasteiger charge is -2.15. The first-order valence-electron chi connectivity index (χ1n) is 7.73. The van der Waals surface area contributed by atoms with Crippen molar-refractivity contribution in [1.29, 1.82) is 0 Å². The topological polar surface area (TPSA) is 110 Å². The van der Waals surface area contributed by atoms with Crippen LogP contribution in [0.3, 0.4) is 0 Å². The van der Waals surface area contributed by atoms with Gasteiger partial charge in [0.25, 0.3) is 5.91 Å². The van der Waals surface area contributed by atoms with Gasteiger partial charge in [0.2, 0.25) is 15.9 Å². The van der Waals surface area contributed by atoms with Gasteiger partial charge in [0, 0.05) is 6.54 Å². The summed E-state index contributed by atoms with van der Waals surface area (Å²) >= 11 is 0. The van der Waals surface area contributed by atoms with Gasteiger partial charge in [-0.25, -0.2) is 22.8 Å². The van der Waals surface area contributed by atoms with Crippen LogP contribution in [0.2, 0.25) is 0 Å². The van der Waals surface area contributed by atoms with Crippen LogP contribution in [-0.2, 0) is 26.2 Å². The Balaban J connectivity index is 1.67. The lowest BCUT2D eigenvalue weighted by molar-refractivity contribution is -0.121. The molecule has 1 fully saturated rings. The summed E-state index contributed by atoms with van der Waals surface area (Å²) in [6.45, 7) is 0.270. The number of nitrogens with zero attached hydrogens (tertiary/aromatic N) is 1. The molecule has 3 rings (SSSR count). The second kappa shape index (κ2) is 6.94. The number of nitrogens with two attached hydrogens (primary N) is 1. The van der Waals surface area contributed by atoms with Crippen LogP contribution in [0.25, 0.3) is 0 Å². The van der Waals surface area contributed by atoms with Crippen molar-refractivity contribution in [3.63, 3.8) is 0 Å². The molecule has 1 saturated heterocycles. The summed E-state index contributed by atoms with van der Waals surface area (Å²) in [6, 6.07) is 10.3. The maximum atomic E-state index is 13.0. The van der Waals surface area contributed by atoms with Gasteiger partial charge in [0.15, 0.2) is 0 Å². The zero-order valence-electron chi connectivity index (χ0n) is 13.6. The van der Waals surface area contributed by atoms with Crippen molar-refractivity contribution in [2.24, 2.45) is 5.14 Å². The minimum absolute atomic E-state index is 0.00384. The number of amides is 2. The molecule has 1 aliphatic rings. The van der Waals surface area contributed by atoms with E-state index >= 15 is 0 Å². The largest absolute Gasteiger partial charge is 0.301 e. The van der Waals surface area contributed by atoms with E-state index in [9.17, 15) is 22.4 Å². The molecule has 1 atom stereocenters. The summed E-state index contributed by atoms with van der Waals surface area (Å²) in [6.07, 6.45) is -0.00846. The summed E-state index contributed by atoms with van der Waals surface area (Å²) in [5.74, 6) is -1.24. The number of carbonyl (C=O) groups excluding carboxylic acids is 2. The number of anilines is 1. The SMILES string of the molecule is NS(=O)(=O)c1ccc(CN[C@H]2CC(=O)N(c3ccc(F)cc3)C2=O)cc1. The molecule has 0 radical (unpaired) electrons. The van der Waals surface area contributed by atoms with Crippen molar-refractivity contribution >= 4 is 27.5 Å². The number of carbonyl (C=O) groups is 2. The number of sulfonamides is 1. The average Bonchev–Trinajstić information content (AvgIpc) is 2.87. The van der Waals surface area contributed by atoms with Crippen molar-refractivity contribution in [2.45, 2.75) is 23.9 Å². The molecule has 2 aromatic rings. The molecule has 9 heteroatoms. The summed E-state index contributed by atoms with van der Waals surface area (Å²) in [4.78, 5) is 25.6. The lowest BCUT2D eigenvalue weighted by atomic mass is 10.2. The average molecular weight is 377 g/mol. The van der Waals surface area contributed by atoms with E-state index in [-0.39, 0.29) is 23.8 Å². The number of imide groups is 1. The van der Waals surface area contributed by atoms with Crippen LogP contribution in [0.5, 0.6) is 0 Å². The molecule has 0 saturated carbocycles. The highest BCUT2D eigenvalue weighted by molar-refractivity contribution is 7.89. The second-order valence-electron chi connectivity index (χ2n) is 5.87. The molecule has 0 aliphatic carbocycles. The van der Waals surface area contributed by atoms with Gasteiger partial charge >= 0.3 is 0 Å². The molecule has 0 bridgehead atoms. The van der Waals surface area contributed by atoms with Gasteiger partial charge in [-0.3, -0.25) is 9.59 Å². The van der Waals surface area contributed by atoms with E-state index in [4.69, 9.17) is 5.14 Å². The predicted octanol–water partition coefficient (Wildman–Crippen LogP) is 0.895. The van der Waals surface area contributed by atoms with Gasteiger partial charge in [0.05, 0.1) is 23.0 Å². The van der Waals surface area contributed by atoms with Crippen LogP contribution in [0, 0.1) is 5.82 Å². The van der Waals surface area contributed by atoms with Gasteiger partial charge < -0.3 is 5.32 Å². The van der Waals surface area contributed by atoms with Crippen LogP contribution in [0.4, 0.5) is 10.1 Å². The van der Waals surface area contributed by atoms with E-state index in [2.05, 4.69) is 5.32 Å². The summed E-state index contributed by atoms with van der Waals surface area (Å²) < 4.78 is 35.5. The van der Waals surface area contributed by atoms with Crippen LogP contribution in [0.1, 0.15) is 12.0 Å². The standard InChI is InChI=1S/C17H16FN3O4S/c18-12-3-5-13(6-4-12)21-16(22)9-15(17(21)23)20-10-11-1-7-14(8-2-11)26(19,24)25/h1-8,15,20H,9-10H2,(H2,19,24,25)/t15-/m0/s1. The molecule has 1 heterocycles. The maximum Gasteiger partial charge on any atom is 0.251 e. The maximum absolute atomic E-state index is 13.0. The van der Waals surface area contributed by atoms with Gasteiger partial charge in [-0.15, -0.1) is 0 Å². The number of hydrogen-bond acceptors (Lipinski definition) is 5. The number of hydrogen-bond donors (Lipinski definition) is 2. The van der Waals surface area contributed by atoms with Crippen molar-refractivity contribution in [1.82, 2.24) is 5.32 Å². The number of primary sulfonamides is 1. The summed E-state index contributed by atoms with van der Waals surface area (Å²) in [5.41, 5.74) is 1.06.